The third-order valence-electron chi connectivity index (χ3n) is 2.11. The zero-order valence-corrected chi connectivity index (χ0v) is 7.23. The first-order chi connectivity index (χ1) is 5.77. The minimum absolute atomic E-state index is 0.0364. The number of nitriles is 1. The van der Waals surface area contributed by atoms with Gasteiger partial charge < -0.3 is 9.84 Å². The first kappa shape index (κ1) is 9.46. The molecule has 0 amide bonds. The van der Waals surface area contributed by atoms with Gasteiger partial charge in [-0.15, -0.1) is 0 Å². The molecule has 1 N–H and O–H groups in total. The van der Waals surface area contributed by atoms with Gasteiger partial charge in [0.15, 0.2) is 0 Å². The smallest absolute Gasteiger partial charge is 0.0951 e. The van der Waals surface area contributed by atoms with Crippen LogP contribution in [0.1, 0.15) is 6.92 Å². The van der Waals surface area contributed by atoms with E-state index in [0.29, 0.717) is 13.2 Å². The summed E-state index contributed by atoms with van der Waals surface area (Å²) in [6, 6.07) is 2.09. The molecule has 1 heterocycles. The Bertz CT molecular complexity index is 178. The van der Waals surface area contributed by atoms with Crippen molar-refractivity contribution in [1.29, 1.82) is 5.26 Å². The molecule has 0 spiro atoms. The molecule has 68 valence electrons. The van der Waals surface area contributed by atoms with Gasteiger partial charge in [-0.3, -0.25) is 4.90 Å². The molecule has 1 aliphatic heterocycles. The Morgan fingerprint density at radius 3 is 3.17 bits per heavy atom. The highest BCUT2D eigenvalue weighted by Gasteiger charge is 2.22. The van der Waals surface area contributed by atoms with Crippen LogP contribution in [0, 0.1) is 11.3 Å². The van der Waals surface area contributed by atoms with Gasteiger partial charge in [-0.05, 0) is 6.92 Å². The fourth-order valence-electron chi connectivity index (χ4n) is 1.29. The highest BCUT2D eigenvalue weighted by Crippen LogP contribution is 2.07. The molecule has 2 unspecified atom stereocenters. The fourth-order valence-corrected chi connectivity index (χ4v) is 1.29. The molecule has 0 aliphatic carbocycles. The van der Waals surface area contributed by atoms with E-state index in [2.05, 4.69) is 6.07 Å². The van der Waals surface area contributed by atoms with E-state index in [1.165, 1.54) is 0 Å². The molecule has 0 bridgehead atoms. The van der Waals surface area contributed by atoms with Gasteiger partial charge in [-0.2, -0.15) is 5.26 Å². The number of rotatable bonds is 2. The molecule has 4 heteroatoms. The summed E-state index contributed by atoms with van der Waals surface area (Å²) in [7, 11) is 0. The van der Waals surface area contributed by atoms with Crippen LogP contribution >= 0.6 is 0 Å². The van der Waals surface area contributed by atoms with Crippen LogP contribution in [0.3, 0.4) is 0 Å². The molecule has 0 radical (unpaired) electrons. The standard InChI is InChI=1S/C8H14N2O2/c1-7(4-9)10-2-3-12-8(5-10)6-11/h7-8,11H,2-3,5-6H2,1H3. The zero-order chi connectivity index (χ0) is 8.97. The van der Waals surface area contributed by atoms with Crippen LogP contribution < -0.4 is 0 Å². The lowest BCUT2D eigenvalue weighted by molar-refractivity contribution is -0.0574. The number of nitrogens with zero attached hydrogens (tertiary/aromatic N) is 2. The van der Waals surface area contributed by atoms with Crippen LogP contribution in [0.25, 0.3) is 0 Å². The van der Waals surface area contributed by atoms with Gasteiger partial charge in [-0.1, -0.05) is 0 Å². The average molecular weight is 170 g/mol. The average Bonchev–Trinajstić information content (AvgIpc) is 2.17. The van der Waals surface area contributed by atoms with E-state index < -0.39 is 0 Å². The van der Waals surface area contributed by atoms with Crippen LogP contribution in [-0.2, 0) is 4.74 Å². The second-order valence-corrected chi connectivity index (χ2v) is 2.98. The predicted octanol–water partition coefficient (Wildman–Crippen LogP) is -0.408. The molecule has 0 saturated carbocycles. The maximum atomic E-state index is 8.83. The summed E-state index contributed by atoms with van der Waals surface area (Å²) in [5, 5.41) is 17.5. The lowest BCUT2D eigenvalue weighted by Gasteiger charge is -2.33. The Labute approximate surface area is 72.3 Å². The highest BCUT2D eigenvalue weighted by atomic mass is 16.5. The van der Waals surface area contributed by atoms with Crippen molar-refractivity contribution in [3.05, 3.63) is 0 Å². The number of morpholine rings is 1. The van der Waals surface area contributed by atoms with Gasteiger partial charge in [0.05, 0.1) is 31.4 Å². The topological polar surface area (TPSA) is 56.5 Å². The molecular formula is C8H14N2O2. The zero-order valence-electron chi connectivity index (χ0n) is 7.23. The monoisotopic (exact) mass is 170 g/mol. The van der Waals surface area contributed by atoms with Crippen LogP contribution in [-0.4, -0.2) is 48.5 Å². The van der Waals surface area contributed by atoms with E-state index in [0.717, 1.165) is 6.54 Å². The summed E-state index contributed by atoms with van der Waals surface area (Å²) in [5.74, 6) is 0. The van der Waals surface area contributed by atoms with Crippen LogP contribution in [0.4, 0.5) is 0 Å². The second-order valence-electron chi connectivity index (χ2n) is 2.98. The molecule has 0 aromatic heterocycles. The predicted molar refractivity (Wildman–Crippen MR) is 43.5 cm³/mol. The minimum atomic E-state index is -0.116. The van der Waals surface area contributed by atoms with Gasteiger partial charge in [0.25, 0.3) is 0 Å². The van der Waals surface area contributed by atoms with Crippen molar-refractivity contribution in [3.63, 3.8) is 0 Å². The SMILES string of the molecule is CC(C#N)N1CCOC(CO)C1. The summed E-state index contributed by atoms with van der Waals surface area (Å²) in [4.78, 5) is 2.02. The van der Waals surface area contributed by atoms with E-state index >= 15 is 0 Å². The van der Waals surface area contributed by atoms with E-state index in [-0.39, 0.29) is 18.8 Å². The molecule has 0 aromatic rings. The molecule has 4 nitrogen and oxygen atoms in total. The molecule has 0 aromatic carbocycles. The molecule has 1 fully saturated rings. The van der Waals surface area contributed by atoms with Crippen molar-refractivity contribution >= 4 is 0 Å². The Kier molecular flexibility index (Phi) is 3.48. The number of aliphatic hydroxyl groups is 1. The van der Waals surface area contributed by atoms with Gasteiger partial charge >= 0.3 is 0 Å². The first-order valence-corrected chi connectivity index (χ1v) is 4.14. The third kappa shape index (κ3) is 2.18. The summed E-state index contributed by atoms with van der Waals surface area (Å²) < 4.78 is 5.25. The largest absolute Gasteiger partial charge is 0.394 e. The highest BCUT2D eigenvalue weighted by molar-refractivity contribution is 4.90. The quantitative estimate of drug-likeness (QED) is 0.612. The van der Waals surface area contributed by atoms with E-state index in [4.69, 9.17) is 15.1 Å². The normalized spacial score (nSPS) is 27.9. The van der Waals surface area contributed by atoms with Crippen molar-refractivity contribution in [2.45, 2.75) is 19.1 Å². The van der Waals surface area contributed by atoms with Crippen LogP contribution in [0.5, 0.6) is 0 Å². The Hall–Kier alpha value is -0.630. The van der Waals surface area contributed by atoms with E-state index in [1.54, 1.807) is 0 Å². The van der Waals surface area contributed by atoms with Crippen molar-refractivity contribution in [1.82, 2.24) is 4.90 Å². The van der Waals surface area contributed by atoms with Gasteiger partial charge in [0, 0.05) is 13.1 Å². The molecular weight excluding hydrogens is 156 g/mol. The lowest BCUT2D eigenvalue weighted by atomic mass is 10.2. The second kappa shape index (κ2) is 4.41. The maximum absolute atomic E-state index is 8.83. The summed E-state index contributed by atoms with van der Waals surface area (Å²) >= 11 is 0. The summed E-state index contributed by atoms with van der Waals surface area (Å²) in [5.41, 5.74) is 0. The maximum Gasteiger partial charge on any atom is 0.0951 e. The van der Waals surface area contributed by atoms with Gasteiger partial charge in [0.2, 0.25) is 0 Å². The van der Waals surface area contributed by atoms with Crippen molar-refractivity contribution < 1.29 is 9.84 Å². The van der Waals surface area contributed by atoms with Crippen molar-refractivity contribution in [3.8, 4) is 6.07 Å². The van der Waals surface area contributed by atoms with Gasteiger partial charge in [-0.25, -0.2) is 0 Å². The molecule has 12 heavy (non-hydrogen) atoms. The molecule has 1 saturated heterocycles. The third-order valence-corrected chi connectivity index (χ3v) is 2.11. The number of ether oxygens (including phenoxy) is 1. The number of aliphatic hydroxyl groups excluding tert-OH is 1. The van der Waals surface area contributed by atoms with E-state index in [9.17, 15) is 0 Å². The number of hydrogen-bond acceptors (Lipinski definition) is 4. The van der Waals surface area contributed by atoms with Gasteiger partial charge in [0.1, 0.15) is 0 Å². The van der Waals surface area contributed by atoms with E-state index in [1.807, 2.05) is 11.8 Å². The van der Waals surface area contributed by atoms with Crippen molar-refractivity contribution in [2.75, 3.05) is 26.3 Å². The Balaban J connectivity index is 2.41. The van der Waals surface area contributed by atoms with Crippen LogP contribution in [0.15, 0.2) is 0 Å². The minimum Gasteiger partial charge on any atom is -0.394 e. The molecule has 1 aliphatic rings. The van der Waals surface area contributed by atoms with Crippen molar-refractivity contribution in [2.24, 2.45) is 0 Å². The fraction of sp³-hybridized carbons (Fsp3) is 0.875. The molecule has 2 atom stereocenters. The first-order valence-electron chi connectivity index (χ1n) is 4.14. The lowest BCUT2D eigenvalue weighted by Crippen LogP contribution is -2.47. The molecule has 1 rings (SSSR count). The Morgan fingerprint density at radius 1 is 1.83 bits per heavy atom. The summed E-state index contributed by atoms with van der Waals surface area (Å²) in [6.07, 6.45) is -0.116. The Morgan fingerprint density at radius 2 is 2.58 bits per heavy atom. The summed E-state index contributed by atoms with van der Waals surface area (Å²) in [6.45, 7) is 3.95. The number of hydrogen-bond donors (Lipinski definition) is 1. The van der Waals surface area contributed by atoms with Crippen LogP contribution in [0.2, 0.25) is 0 Å².